The minimum Gasteiger partial charge on any atom is -0.309 e. The number of aromatic nitrogens is 3. The third kappa shape index (κ3) is 3.53. The fourth-order valence-corrected chi connectivity index (χ4v) is 0.911. The van der Waals surface area contributed by atoms with Gasteiger partial charge >= 0.3 is 0 Å². The second kappa shape index (κ2) is 4.71. The van der Waals surface area contributed by atoms with Crippen LogP contribution in [0.25, 0.3) is 0 Å². The lowest BCUT2D eigenvalue weighted by atomic mass is 10.4. The molecule has 0 aliphatic rings. The Labute approximate surface area is 82.7 Å². The summed E-state index contributed by atoms with van der Waals surface area (Å²) in [7, 11) is 3.84. The summed E-state index contributed by atoms with van der Waals surface area (Å²) < 4.78 is 0. The molecule has 0 aromatic carbocycles. The molecular weight excluding hydrogens is 182 g/mol. The van der Waals surface area contributed by atoms with E-state index < -0.39 is 0 Å². The normalized spacial score (nSPS) is 10.6. The smallest absolute Gasteiger partial charge is 0.248 e. The molecule has 14 heavy (non-hydrogen) atoms. The van der Waals surface area contributed by atoms with Gasteiger partial charge in [0.05, 0.1) is 0 Å². The molecule has 1 rings (SSSR count). The zero-order chi connectivity index (χ0) is 10.6. The van der Waals surface area contributed by atoms with E-state index in [2.05, 4.69) is 20.5 Å². The van der Waals surface area contributed by atoms with Crippen molar-refractivity contribution in [2.75, 3.05) is 26.0 Å². The Balaban J connectivity index is 2.34. The average Bonchev–Trinajstić information content (AvgIpc) is 2.48. The molecule has 0 unspecified atom stereocenters. The molecule has 1 amide bonds. The molecule has 0 atom stereocenters. The van der Waals surface area contributed by atoms with Crippen molar-refractivity contribution >= 4 is 11.9 Å². The Kier molecular flexibility index (Phi) is 3.58. The summed E-state index contributed by atoms with van der Waals surface area (Å²) in [6.45, 7) is 2.50. The summed E-state index contributed by atoms with van der Waals surface area (Å²) in [4.78, 5) is 17.2. The number of aromatic amines is 1. The summed E-state index contributed by atoms with van der Waals surface area (Å²) in [6, 6.07) is 0. The number of carbonyl (C=O) groups is 1. The Morgan fingerprint density at radius 3 is 2.79 bits per heavy atom. The van der Waals surface area contributed by atoms with Crippen molar-refractivity contribution in [3.05, 3.63) is 5.82 Å². The number of anilines is 1. The molecule has 0 fully saturated rings. The molecule has 6 heteroatoms. The van der Waals surface area contributed by atoms with E-state index in [9.17, 15) is 4.79 Å². The third-order valence-electron chi connectivity index (χ3n) is 1.63. The molecule has 0 bridgehead atoms. The van der Waals surface area contributed by atoms with Gasteiger partial charge in [0.25, 0.3) is 0 Å². The molecule has 1 aromatic heterocycles. The van der Waals surface area contributed by atoms with Crippen LogP contribution < -0.4 is 5.32 Å². The van der Waals surface area contributed by atoms with Gasteiger partial charge in [-0.3, -0.25) is 15.2 Å². The van der Waals surface area contributed by atoms with Crippen LogP contribution in [0.5, 0.6) is 0 Å². The lowest BCUT2D eigenvalue weighted by Crippen LogP contribution is -2.21. The van der Waals surface area contributed by atoms with Crippen molar-refractivity contribution in [2.45, 2.75) is 13.3 Å². The second-order valence-electron chi connectivity index (χ2n) is 3.35. The molecule has 1 heterocycles. The first-order chi connectivity index (χ1) is 6.58. The monoisotopic (exact) mass is 197 g/mol. The quantitative estimate of drug-likeness (QED) is 0.712. The summed E-state index contributed by atoms with van der Waals surface area (Å²) >= 11 is 0. The van der Waals surface area contributed by atoms with Crippen LogP contribution in [-0.2, 0) is 4.79 Å². The Morgan fingerprint density at radius 2 is 2.29 bits per heavy atom. The lowest BCUT2D eigenvalue weighted by Gasteiger charge is -2.07. The maximum absolute atomic E-state index is 11.3. The summed E-state index contributed by atoms with van der Waals surface area (Å²) in [5, 5.41) is 9.05. The molecule has 0 saturated carbocycles. The maximum Gasteiger partial charge on any atom is 0.248 e. The van der Waals surface area contributed by atoms with E-state index >= 15 is 0 Å². The Hall–Kier alpha value is -1.43. The van der Waals surface area contributed by atoms with Crippen molar-refractivity contribution in [2.24, 2.45) is 0 Å². The maximum atomic E-state index is 11.3. The van der Waals surface area contributed by atoms with Gasteiger partial charge in [0.2, 0.25) is 11.9 Å². The standard InChI is InChI=1S/C8H15N5O/c1-6-9-8(12-11-6)10-7(14)4-5-13(2)3/h4-5H2,1-3H3,(H2,9,10,11,12,14). The van der Waals surface area contributed by atoms with Crippen molar-refractivity contribution < 1.29 is 4.79 Å². The minimum atomic E-state index is -0.0716. The largest absolute Gasteiger partial charge is 0.309 e. The Morgan fingerprint density at radius 1 is 1.57 bits per heavy atom. The zero-order valence-electron chi connectivity index (χ0n) is 8.66. The van der Waals surface area contributed by atoms with E-state index in [0.717, 1.165) is 6.54 Å². The summed E-state index contributed by atoms with van der Waals surface area (Å²) in [5.41, 5.74) is 0. The number of nitrogens with one attached hydrogen (secondary N) is 2. The van der Waals surface area contributed by atoms with Gasteiger partial charge in [-0.25, -0.2) is 0 Å². The van der Waals surface area contributed by atoms with Gasteiger partial charge in [-0.15, -0.1) is 5.10 Å². The SMILES string of the molecule is Cc1nc(NC(=O)CCN(C)C)n[nH]1. The van der Waals surface area contributed by atoms with Crippen LogP contribution in [0.4, 0.5) is 5.95 Å². The van der Waals surface area contributed by atoms with E-state index in [-0.39, 0.29) is 5.91 Å². The molecule has 6 nitrogen and oxygen atoms in total. The molecule has 0 aliphatic carbocycles. The van der Waals surface area contributed by atoms with Gasteiger partial charge in [0.15, 0.2) is 0 Å². The van der Waals surface area contributed by atoms with Crippen LogP contribution in [0.15, 0.2) is 0 Å². The summed E-state index contributed by atoms with van der Waals surface area (Å²) in [5.74, 6) is 0.955. The van der Waals surface area contributed by atoms with Crippen LogP contribution in [0.1, 0.15) is 12.2 Å². The first-order valence-corrected chi connectivity index (χ1v) is 4.41. The second-order valence-corrected chi connectivity index (χ2v) is 3.35. The molecule has 2 N–H and O–H groups in total. The van der Waals surface area contributed by atoms with Gasteiger partial charge in [-0.1, -0.05) is 0 Å². The Bertz CT molecular complexity index is 306. The highest BCUT2D eigenvalue weighted by Gasteiger charge is 2.05. The predicted molar refractivity (Wildman–Crippen MR) is 52.9 cm³/mol. The summed E-state index contributed by atoms with van der Waals surface area (Å²) in [6.07, 6.45) is 0.445. The van der Waals surface area contributed by atoms with Crippen LogP contribution in [-0.4, -0.2) is 46.6 Å². The van der Waals surface area contributed by atoms with E-state index in [1.165, 1.54) is 0 Å². The molecular formula is C8H15N5O. The average molecular weight is 197 g/mol. The molecule has 1 aromatic rings. The first kappa shape index (κ1) is 10.6. The van der Waals surface area contributed by atoms with Gasteiger partial charge in [0, 0.05) is 13.0 Å². The lowest BCUT2D eigenvalue weighted by molar-refractivity contribution is -0.116. The molecule has 0 spiro atoms. The number of nitrogens with zero attached hydrogens (tertiary/aromatic N) is 3. The highest BCUT2D eigenvalue weighted by Crippen LogP contribution is 1.97. The van der Waals surface area contributed by atoms with Crippen LogP contribution in [0.3, 0.4) is 0 Å². The van der Waals surface area contributed by atoms with Crippen LogP contribution in [0, 0.1) is 6.92 Å². The van der Waals surface area contributed by atoms with Crippen LogP contribution >= 0.6 is 0 Å². The topological polar surface area (TPSA) is 73.9 Å². The molecule has 0 radical (unpaired) electrons. The van der Waals surface area contributed by atoms with E-state index in [0.29, 0.717) is 18.2 Å². The van der Waals surface area contributed by atoms with Crippen molar-refractivity contribution in [1.29, 1.82) is 0 Å². The predicted octanol–water partition coefficient (Wildman–Crippen LogP) is 0.00332. The van der Waals surface area contributed by atoms with Gasteiger partial charge in [-0.05, 0) is 21.0 Å². The van der Waals surface area contributed by atoms with Crippen molar-refractivity contribution in [3.8, 4) is 0 Å². The van der Waals surface area contributed by atoms with Gasteiger partial charge in [0.1, 0.15) is 5.82 Å². The van der Waals surface area contributed by atoms with Crippen LogP contribution in [0.2, 0.25) is 0 Å². The van der Waals surface area contributed by atoms with Crippen molar-refractivity contribution in [3.63, 3.8) is 0 Å². The highest BCUT2D eigenvalue weighted by molar-refractivity contribution is 5.88. The van der Waals surface area contributed by atoms with E-state index in [1.807, 2.05) is 19.0 Å². The number of hydrogen-bond donors (Lipinski definition) is 2. The van der Waals surface area contributed by atoms with Gasteiger partial charge < -0.3 is 4.90 Å². The number of H-pyrrole nitrogens is 1. The number of carbonyl (C=O) groups excluding carboxylic acids is 1. The van der Waals surface area contributed by atoms with Gasteiger partial charge in [-0.2, -0.15) is 4.98 Å². The first-order valence-electron chi connectivity index (χ1n) is 4.41. The third-order valence-corrected chi connectivity index (χ3v) is 1.63. The number of rotatable bonds is 4. The molecule has 78 valence electrons. The van der Waals surface area contributed by atoms with E-state index in [4.69, 9.17) is 0 Å². The highest BCUT2D eigenvalue weighted by atomic mass is 16.1. The zero-order valence-corrected chi connectivity index (χ0v) is 8.66. The molecule has 0 aliphatic heterocycles. The fraction of sp³-hybridized carbons (Fsp3) is 0.625. The number of aryl methyl sites for hydroxylation is 1. The minimum absolute atomic E-state index is 0.0716. The van der Waals surface area contributed by atoms with Crippen molar-refractivity contribution in [1.82, 2.24) is 20.1 Å². The van der Waals surface area contributed by atoms with E-state index in [1.54, 1.807) is 6.92 Å². The number of hydrogen-bond acceptors (Lipinski definition) is 4. The number of amides is 1. The molecule has 0 saturated heterocycles. The fourth-order valence-electron chi connectivity index (χ4n) is 0.911.